The molecular formula is C6H11NO3S3. The number of carboxylic acids is 1. The molecule has 3 N–H and O–H groups in total. The first kappa shape index (κ1) is 13.2. The van der Waals surface area contributed by atoms with Gasteiger partial charge in [0.25, 0.3) is 0 Å². The second kappa shape index (κ2) is 4.59. The van der Waals surface area contributed by atoms with Crippen molar-refractivity contribution >= 4 is 49.3 Å². The highest BCUT2D eigenvalue weighted by Crippen LogP contribution is 2.33. The first-order valence-electron chi connectivity index (χ1n) is 3.24. The lowest BCUT2D eigenvalue weighted by Gasteiger charge is -2.33. The number of hydrogen-bond donors (Lipinski definition) is 4. The number of thiol groups is 2. The maximum Gasteiger partial charge on any atom is 0.333 e. The minimum atomic E-state index is -2.07. The summed E-state index contributed by atoms with van der Waals surface area (Å²) in [5.74, 6) is -1.18. The lowest BCUT2D eigenvalue weighted by molar-refractivity contribution is -0.145. The van der Waals surface area contributed by atoms with E-state index in [2.05, 4.69) is 25.3 Å². The molecule has 0 aromatic rings. The molecule has 0 aliphatic carbocycles. The molecular weight excluding hydrogens is 230 g/mol. The zero-order valence-corrected chi connectivity index (χ0v) is 9.53. The molecule has 0 spiro atoms. The number of carbonyl (C=O) groups is 2. The van der Waals surface area contributed by atoms with Gasteiger partial charge < -0.3 is 15.6 Å². The predicted octanol–water partition coefficient (Wildman–Crippen LogP) is -0.114. The van der Waals surface area contributed by atoms with Gasteiger partial charge >= 0.3 is 5.97 Å². The Kier molecular flexibility index (Phi) is 4.64. The lowest BCUT2D eigenvalue weighted by Crippen LogP contribution is -2.63. The number of aliphatic carboxylic acids is 1. The summed E-state index contributed by atoms with van der Waals surface area (Å²) in [5, 5.41) is 8.73. The molecule has 1 unspecified atom stereocenters. The van der Waals surface area contributed by atoms with Crippen molar-refractivity contribution in [3.63, 3.8) is 0 Å². The topological polar surface area (TPSA) is 80.4 Å². The van der Waals surface area contributed by atoms with E-state index in [9.17, 15) is 9.59 Å². The third-order valence-corrected chi connectivity index (χ3v) is 3.75. The van der Waals surface area contributed by atoms with Crippen LogP contribution < -0.4 is 5.73 Å². The summed E-state index contributed by atoms with van der Waals surface area (Å²) in [6, 6.07) is 0. The Morgan fingerprint density at radius 2 is 2.15 bits per heavy atom. The SMILES string of the molecule is CSCC(S)(S)C(N)(C=O)C(=O)O. The van der Waals surface area contributed by atoms with Crippen molar-refractivity contribution in [1.82, 2.24) is 0 Å². The van der Waals surface area contributed by atoms with Crippen LogP contribution in [0.15, 0.2) is 0 Å². The molecule has 0 rings (SSSR count). The summed E-state index contributed by atoms with van der Waals surface area (Å²) in [6.45, 7) is 0. The Morgan fingerprint density at radius 3 is 2.38 bits per heavy atom. The standard InChI is InChI=1S/C6H11NO3S3/c1-13-3-6(11,12)5(7,2-8)4(9)10/h2,11-12H,3,7H2,1H3,(H,9,10). The highest BCUT2D eigenvalue weighted by molar-refractivity contribution is 8.05. The fraction of sp³-hybridized carbons (Fsp3) is 0.667. The van der Waals surface area contributed by atoms with Gasteiger partial charge in [0.2, 0.25) is 0 Å². The zero-order valence-electron chi connectivity index (χ0n) is 6.93. The zero-order chi connectivity index (χ0) is 10.7. The molecule has 0 amide bonds. The summed E-state index contributed by atoms with van der Waals surface area (Å²) in [6.07, 6.45) is 1.90. The maximum atomic E-state index is 10.7. The number of nitrogens with two attached hydrogens (primary N) is 1. The van der Waals surface area contributed by atoms with Crippen molar-refractivity contribution in [1.29, 1.82) is 0 Å². The Balaban J connectivity index is 4.94. The number of carboxylic acid groups (broad SMARTS) is 1. The second-order valence-corrected chi connectivity index (χ2v) is 5.29. The fourth-order valence-corrected chi connectivity index (χ4v) is 2.35. The monoisotopic (exact) mass is 241 g/mol. The van der Waals surface area contributed by atoms with Gasteiger partial charge in [-0.15, -0.1) is 0 Å². The summed E-state index contributed by atoms with van der Waals surface area (Å²) < 4.78 is -1.36. The van der Waals surface area contributed by atoms with Crippen molar-refractivity contribution in [2.45, 2.75) is 9.62 Å². The van der Waals surface area contributed by atoms with Crippen LogP contribution in [-0.2, 0) is 9.59 Å². The van der Waals surface area contributed by atoms with E-state index in [1.54, 1.807) is 6.26 Å². The summed E-state index contributed by atoms with van der Waals surface area (Å²) >= 11 is 9.26. The minimum absolute atomic E-state index is 0.158. The van der Waals surface area contributed by atoms with Crippen molar-refractivity contribution in [2.75, 3.05) is 12.0 Å². The van der Waals surface area contributed by atoms with E-state index in [-0.39, 0.29) is 12.0 Å². The highest BCUT2D eigenvalue weighted by Gasteiger charge is 2.50. The molecule has 13 heavy (non-hydrogen) atoms. The van der Waals surface area contributed by atoms with Crippen molar-refractivity contribution in [2.24, 2.45) is 5.73 Å². The van der Waals surface area contributed by atoms with Gasteiger partial charge in [0, 0.05) is 5.75 Å². The number of thioether (sulfide) groups is 1. The van der Waals surface area contributed by atoms with Crippen molar-refractivity contribution < 1.29 is 14.7 Å². The molecule has 0 aromatic heterocycles. The first-order chi connectivity index (χ1) is 5.81. The van der Waals surface area contributed by atoms with Crippen LogP contribution >= 0.6 is 37.0 Å². The number of rotatable bonds is 5. The largest absolute Gasteiger partial charge is 0.479 e. The van der Waals surface area contributed by atoms with E-state index in [1.807, 2.05) is 0 Å². The van der Waals surface area contributed by atoms with Gasteiger partial charge in [-0.3, -0.25) is 0 Å². The van der Waals surface area contributed by atoms with Crippen LogP contribution in [0.4, 0.5) is 0 Å². The molecule has 0 aromatic carbocycles. The van der Waals surface area contributed by atoms with Crippen LogP contribution in [0.2, 0.25) is 0 Å². The number of hydrogen-bond acceptors (Lipinski definition) is 6. The molecule has 0 radical (unpaired) electrons. The third-order valence-electron chi connectivity index (χ3n) is 1.55. The molecule has 0 bridgehead atoms. The molecule has 1 atom stereocenters. The van der Waals surface area contributed by atoms with Crippen molar-refractivity contribution in [3.05, 3.63) is 0 Å². The predicted molar refractivity (Wildman–Crippen MR) is 59.7 cm³/mol. The quantitative estimate of drug-likeness (QED) is 0.234. The summed E-state index contributed by atoms with van der Waals surface area (Å²) in [4.78, 5) is 21.3. The lowest BCUT2D eigenvalue weighted by atomic mass is 9.99. The average molecular weight is 241 g/mol. The first-order valence-corrected chi connectivity index (χ1v) is 5.53. The van der Waals surface area contributed by atoms with Gasteiger partial charge in [-0.2, -0.15) is 37.0 Å². The smallest absolute Gasteiger partial charge is 0.333 e. The van der Waals surface area contributed by atoms with Gasteiger partial charge in [0.1, 0.15) is 0 Å². The van der Waals surface area contributed by atoms with Crippen LogP contribution in [-0.4, -0.2) is 39.0 Å². The molecule has 0 saturated carbocycles. The van der Waals surface area contributed by atoms with E-state index in [1.165, 1.54) is 11.8 Å². The molecule has 7 heteroatoms. The molecule has 0 aliphatic heterocycles. The van der Waals surface area contributed by atoms with E-state index >= 15 is 0 Å². The molecule has 0 fully saturated rings. The Hall–Kier alpha value is 0.150. The van der Waals surface area contributed by atoms with Crippen LogP contribution in [0.25, 0.3) is 0 Å². The summed E-state index contributed by atoms with van der Waals surface area (Å²) in [5.41, 5.74) is 3.30. The van der Waals surface area contributed by atoms with E-state index in [0.29, 0.717) is 0 Å². The highest BCUT2D eigenvalue weighted by atomic mass is 32.2. The molecule has 0 aliphatic rings. The Bertz CT molecular complexity index is 221. The van der Waals surface area contributed by atoms with Crippen LogP contribution in [0.1, 0.15) is 0 Å². The van der Waals surface area contributed by atoms with Crippen LogP contribution in [0, 0.1) is 0 Å². The molecule has 0 saturated heterocycles. The maximum absolute atomic E-state index is 10.7. The normalized spacial score (nSPS) is 16.3. The average Bonchev–Trinajstić information content (AvgIpc) is 2.02. The van der Waals surface area contributed by atoms with E-state index in [0.717, 1.165) is 0 Å². The fourth-order valence-electron chi connectivity index (χ4n) is 0.637. The number of aldehydes is 1. The van der Waals surface area contributed by atoms with Gasteiger partial charge in [-0.1, -0.05) is 0 Å². The van der Waals surface area contributed by atoms with Crippen molar-refractivity contribution in [3.8, 4) is 0 Å². The Labute approximate surface area is 91.5 Å². The Morgan fingerprint density at radius 1 is 1.69 bits per heavy atom. The van der Waals surface area contributed by atoms with Gasteiger partial charge in [0.15, 0.2) is 11.8 Å². The van der Waals surface area contributed by atoms with E-state index < -0.39 is 15.6 Å². The molecule has 0 heterocycles. The molecule has 76 valence electrons. The van der Waals surface area contributed by atoms with Gasteiger partial charge in [-0.05, 0) is 6.26 Å². The van der Waals surface area contributed by atoms with Gasteiger partial charge in [0.05, 0.1) is 4.08 Å². The van der Waals surface area contributed by atoms with Crippen LogP contribution in [0.5, 0.6) is 0 Å². The number of carbonyl (C=O) groups excluding carboxylic acids is 1. The third kappa shape index (κ3) is 2.55. The second-order valence-electron chi connectivity index (χ2n) is 2.54. The minimum Gasteiger partial charge on any atom is -0.479 e. The van der Waals surface area contributed by atoms with Crippen LogP contribution in [0.3, 0.4) is 0 Å². The molecule has 4 nitrogen and oxygen atoms in total. The van der Waals surface area contributed by atoms with E-state index in [4.69, 9.17) is 10.8 Å². The summed E-state index contributed by atoms with van der Waals surface area (Å²) in [7, 11) is 0. The van der Waals surface area contributed by atoms with Gasteiger partial charge in [-0.25, -0.2) is 4.79 Å².